The number of carbonyl (C=O) groups excluding carboxylic acids is 2. The molecule has 7 heteroatoms. The Hall–Kier alpha value is -1.11. The van der Waals surface area contributed by atoms with Gasteiger partial charge in [-0.2, -0.15) is 13.2 Å². The van der Waals surface area contributed by atoms with Crippen molar-refractivity contribution < 1.29 is 22.8 Å². The first kappa shape index (κ1) is 15.3. The molecule has 114 valence electrons. The zero-order valence-electron chi connectivity index (χ0n) is 11.2. The standard InChI is InChI=1S/C13H19F3N2O2/c14-13(15,16)8-17-12(20)7-18-6-2-4-10(18)9-3-1-5-11(9)19/h9-10H,1-8H2,(H,17,20). The lowest BCUT2D eigenvalue weighted by Crippen LogP contribution is -2.45. The minimum Gasteiger partial charge on any atom is -0.346 e. The second kappa shape index (κ2) is 6.11. The number of alkyl halides is 3. The van der Waals surface area contributed by atoms with Crippen molar-refractivity contribution in [3.63, 3.8) is 0 Å². The Morgan fingerprint density at radius 2 is 2.05 bits per heavy atom. The molecular formula is C13H19F3N2O2. The van der Waals surface area contributed by atoms with E-state index in [1.165, 1.54) is 0 Å². The summed E-state index contributed by atoms with van der Waals surface area (Å²) in [6, 6.07) is 0.0293. The van der Waals surface area contributed by atoms with E-state index >= 15 is 0 Å². The van der Waals surface area contributed by atoms with Crippen molar-refractivity contribution in [1.29, 1.82) is 0 Å². The zero-order chi connectivity index (χ0) is 14.8. The van der Waals surface area contributed by atoms with Crippen molar-refractivity contribution >= 4 is 11.7 Å². The molecule has 2 aliphatic rings. The van der Waals surface area contributed by atoms with Crippen LogP contribution in [0.2, 0.25) is 0 Å². The van der Waals surface area contributed by atoms with Gasteiger partial charge in [0.2, 0.25) is 5.91 Å². The molecule has 2 atom stereocenters. The fraction of sp³-hybridized carbons (Fsp3) is 0.846. The molecule has 20 heavy (non-hydrogen) atoms. The summed E-state index contributed by atoms with van der Waals surface area (Å²) < 4.78 is 36.1. The molecule has 4 nitrogen and oxygen atoms in total. The first-order valence-corrected chi connectivity index (χ1v) is 6.97. The molecule has 1 N–H and O–H groups in total. The van der Waals surface area contributed by atoms with Gasteiger partial charge < -0.3 is 5.32 Å². The molecule has 1 saturated heterocycles. The number of amides is 1. The molecule has 1 aliphatic heterocycles. The number of hydrogen-bond donors (Lipinski definition) is 1. The van der Waals surface area contributed by atoms with E-state index in [4.69, 9.17) is 0 Å². The fourth-order valence-electron chi connectivity index (χ4n) is 3.19. The van der Waals surface area contributed by atoms with Crippen molar-refractivity contribution in [1.82, 2.24) is 10.2 Å². The van der Waals surface area contributed by atoms with Gasteiger partial charge in [-0.1, -0.05) is 0 Å². The van der Waals surface area contributed by atoms with Gasteiger partial charge in [-0.25, -0.2) is 0 Å². The van der Waals surface area contributed by atoms with E-state index in [-0.39, 0.29) is 24.3 Å². The minimum atomic E-state index is -4.39. The summed E-state index contributed by atoms with van der Waals surface area (Å²) >= 11 is 0. The van der Waals surface area contributed by atoms with E-state index < -0.39 is 18.6 Å². The van der Waals surface area contributed by atoms with Gasteiger partial charge in [-0.05, 0) is 32.2 Å². The third kappa shape index (κ3) is 3.94. The Bertz CT molecular complexity index is 384. The summed E-state index contributed by atoms with van der Waals surface area (Å²) in [5.74, 6) is -0.426. The second-order valence-corrected chi connectivity index (χ2v) is 5.54. The Labute approximate surface area is 115 Å². The van der Waals surface area contributed by atoms with E-state index in [9.17, 15) is 22.8 Å². The van der Waals surface area contributed by atoms with E-state index in [1.807, 2.05) is 10.2 Å². The maximum Gasteiger partial charge on any atom is 0.405 e. The van der Waals surface area contributed by atoms with Crippen LogP contribution >= 0.6 is 0 Å². The predicted molar refractivity (Wildman–Crippen MR) is 66.0 cm³/mol. The average molecular weight is 292 g/mol. The lowest BCUT2D eigenvalue weighted by Gasteiger charge is -2.27. The topological polar surface area (TPSA) is 49.4 Å². The van der Waals surface area contributed by atoms with Crippen molar-refractivity contribution in [3.05, 3.63) is 0 Å². The van der Waals surface area contributed by atoms with Crippen LogP contribution in [0.25, 0.3) is 0 Å². The number of Topliss-reactive ketones (excluding diaryl/α,β-unsaturated/α-hetero) is 1. The number of rotatable bonds is 4. The van der Waals surface area contributed by atoms with Gasteiger partial charge in [-0.15, -0.1) is 0 Å². The summed E-state index contributed by atoms with van der Waals surface area (Å²) in [7, 11) is 0. The quantitative estimate of drug-likeness (QED) is 0.854. The fourth-order valence-corrected chi connectivity index (χ4v) is 3.19. The van der Waals surface area contributed by atoms with Gasteiger partial charge in [0.1, 0.15) is 12.3 Å². The second-order valence-electron chi connectivity index (χ2n) is 5.54. The molecule has 1 heterocycles. The van der Waals surface area contributed by atoms with Gasteiger partial charge in [0.15, 0.2) is 0 Å². The van der Waals surface area contributed by atoms with Gasteiger partial charge in [0.25, 0.3) is 0 Å². The highest BCUT2D eigenvalue weighted by Crippen LogP contribution is 2.32. The highest BCUT2D eigenvalue weighted by atomic mass is 19.4. The smallest absolute Gasteiger partial charge is 0.346 e. The van der Waals surface area contributed by atoms with Crippen molar-refractivity contribution in [2.45, 2.75) is 44.3 Å². The Kier molecular flexibility index (Phi) is 4.67. The SMILES string of the molecule is O=C(CN1CCCC1C1CCCC1=O)NCC(F)(F)F. The summed E-state index contributed by atoms with van der Waals surface area (Å²) in [6.45, 7) is -0.675. The van der Waals surface area contributed by atoms with Crippen LogP contribution in [0.3, 0.4) is 0 Å². The Morgan fingerprint density at radius 3 is 2.65 bits per heavy atom. The molecule has 1 saturated carbocycles. The number of carbonyl (C=O) groups is 2. The molecule has 0 aromatic rings. The van der Waals surface area contributed by atoms with Crippen LogP contribution in [0.5, 0.6) is 0 Å². The number of halogens is 3. The van der Waals surface area contributed by atoms with Crippen LogP contribution in [0.1, 0.15) is 32.1 Å². The maximum atomic E-state index is 12.0. The van der Waals surface area contributed by atoms with Gasteiger partial charge >= 0.3 is 6.18 Å². The van der Waals surface area contributed by atoms with E-state index in [2.05, 4.69) is 0 Å². The molecular weight excluding hydrogens is 273 g/mol. The van der Waals surface area contributed by atoms with Crippen LogP contribution < -0.4 is 5.32 Å². The van der Waals surface area contributed by atoms with E-state index in [0.29, 0.717) is 13.0 Å². The average Bonchev–Trinajstić information content (AvgIpc) is 2.94. The van der Waals surface area contributed by atoms with Gasteiger partial charge in [0.05, 0.1) is 6.54 Å². The molecule has 2 unspecified atom stereocenters. The predicted octanol–water partition coefficient (Wildman–Crippen LogP) is 1.50. The number of nitrogens with zero attached hydrogens (tertiary/aromatic N) is 1. The number of hydrogen-bond acceptors (Lipinski definition) is 3. The summed E-state index contributed by atoms with van der Waals surface area (Å²) in [6.07, 6.45) is -0.334. The first-order chi connectivity index (χ1) is 9.37. The van der Waals surface area contributed by atoms with Crippen LogP contribution in [0.4, 0.5) is 13.2 Å². The Morgan fingerprint density at radius 1 is 1.30 bits per heavy atom. The van der Waals surface area contributed by atoms with Crippen LogP contribution in [0, 0.1) is 5.92 Å². The molecule has 0 bridgehead atoms. The molecule has 1 amide bonds. The van der Waals surface area contributed by atoms with Crippen LogP contribution in [0.15, 0.2) is 0 Å². The molecule has 0 radical (unpaired) electrons. The third-order valence-corrected chi connectivity index (χ3v) is 4.06. The van der Waals surface area contributed by atoms with E-state index in [1.54, 1.807) is 0 Å². The lowest BCUT2D eigenvalue weighted by molar-refractivity contribution is -0.139. The highest BCUT2D eigenvalue weighted by molar-refractivity contribution is 5.84. The monoisotopic (exact) mass is 292 g/mol. The molecule has 1 aliphatic carbocycles. The van der Waals surface area contributed by atoms with Crippen molar-refractivity contribution in [2.24, 2.45) is 5.92 Å². The number of ketones is 1. The van der Waals surface area contributed by atoms with Gasteiger partial charge in [-0.3, -0.25) is 14.5 Å². The highest BCUT2D eigenvalue weighted by Gasteiger charge is 2.38. The first-order valence-electron chi connectivity index (χ1n) is 6.97. The molecule has 0 spiro atoms. The molecule has 2 fully saturated rings. The summed E-state index contributed by atoms with van der Waals surface area (Å²) in [4.78, 5) is 25.2. The number of likely N-dealkylation sites (tertiary alicyclic amines) is 1. The van der Waals surface area contributed by atoms with E-state index in [0.717, 1.165) is 25.7 Å². The zero-order valence-corrected chi connectivity index (χ0v) is 11.2. The summed E-state index contributed by atoms with van der Waals surface area (Å²) in [5, 5.41) is 1.88. The largest absolute Gasteiger partial charge is 0.405 e. The third-order valence-electron chi connectivity index (χ3n) is 4.06. The summed E-state index contributed by atoms with van der Waals surface area (Å²) in [5.41, 5.74) is 0. The van der Waals surface area contributed by atoms with Crippen molar-refractivity contribution in [2.75, 3.05) is 19.6 Å². The van der Waals surface area contributed by atoms with Crippen LogP contribution in [-0.2, 0) is 9.59 Å². The minimum absolute atomic E-state index is 0.0293. The Balaban J connectivity index is 1.85. The van der Waals surface area contributed by atoms with Crippen molar-refractivity contribution in [3.8, 4) is 0 Å². The number of nitrogens with one attached hydrogen (secondary N) is 1. The molecule has 0 aromatic carbocycles. The molecule has 2 rings (SSSR count). The lowest BCUT2D eigenvalue weighted by atomic mass is 9.95. The molecule has 0 aromatic heterocycles. The maximum absolute atomic E-state index is 12.0. The van der Waals surface area contributed by atoms with Gasteiger partial charge in [0, 0.05) is 18.4 Å². The van der Waals surface area contributed by atoms with Crippen LogP contribution in [-0.4, -0.2) is 48.4 Å². The normalized spacial score (nSPS) is 28.1.